The number of rotatable bonds is 9. The minimum absolute atomic E-state index is 0.0721. The molecule has 1 nitrogen and oxygen atoms in total. The highest BCUT2D eigenvalue weighted by Crippen LogP contribution is 2.41. The van der Waals surface area contributed by atoms with E-state index in [1.54, 1.807) is 0 Å². The van der Waals surface area contributed by atoms with Gasteiger partial charge in [0.15, 0.2) is 29.0 Å². The quantitative estimate of drug-likeness (QED) is 0.198. The zero-order valence-electron chi connectivity index (χ0n) is 18.9. The second kappa shape index (κ2) is 9.56. The average Bonchev–Trinajstić information content (AvgIpc) is 2.73. The third-order valence-electron chi connectivity index (χ3n) is 7.16. The molecule has 2 aromatic carbocycles. The molecule has 2 aromatic rings. The van der Waals surface area contributed by atoms with Gasteiger partial charge in [-0.25, -0.2) is 22.0 Å². The Balaban J connectivity index is 2.60. The van der Waals surface area contributed by atoms with Gasteiger partial charge >= 0.3 is 0 Å². The molecule has 0 fully saturated rings. The van der Waals surface area contributed by atoms with Gasteiger partial charge in [-0.05, 0) is 18.1 Å². The van der Waals surface area contributed by atoms with Crippen LogP contribution < -0.4 is 4.43 Å². The number of halogens is 6. The number of hydrogen-bond acceptors (Lipinski definition) is 1. The van der Waals surface area contributed by atoms with Crippen LogP contribution in [0.5, 0.6) is 5.75 Å². The first-order valence-corrected chi connectivity index (χ1v) is 16.2. The van der Waals surface area contributed by atoms with E-state index in [0.29, 0.717) is 6.04 Å². The van der Waals surface area contributed by atoms with E-state index in [-0.39, 0.29) is 11.6 Å². The molecule has 1 unspecified atom stereocenters. The van der Waals surface area contributed by atoms with Crippen LogP contribution >= 0.6 is 0 Å². The Kier molecular flexibility index (Phi) is 7.95. The Bertz CT molecular complexity index is 953. The Labute approximate surface area is 181 Å². The summed E-state index contributed by atoms with van der Waals surface area (Å²) in [6.45, 7) is 12.0. The Hall–Kier alpha value is -1.49. The largest absolute Gasteiger partial charge is 0.539 e. The molecule has 0 saturated carbocycles. The highest BCUT2D eigenvalue weighted by Gasteiger charge is 2.41. The van der Waals surface area contributed by atoms with Crippen LogP contribution in [0.4, 0.5) is 26.3 Å². The summed E-state index contributed by atoms with van der Waals surface area (Å²) in [5, 5.41) is -2.53. The van der Waals surface area contributed by atoms with E-state index >= 15 is 4.39 Å². The molecule has 0 aliphatic rings. The lowest BCUT2D eigenvalue weighted by atomic mass is 10.1. The van der Waals surface area contributed by atoms with Crippen molar-refractivity contribution in [3.63, 3.8) is 0 Å². The highest BCUT2D eigenvalue weighted by molar-refractivity contribution is 6.82. The molecular formula is C22H30F6OSi2. The van der Waals surface area contributed by atoms with E-state index in [4.69, 9.17) is 4.43 Å². The molecule has 9 heteroatoms. The molecule has 174 valence electrons. The molecule has 0 aromatic heterocycles. The Morgan fingerprint density at radius 2 is 1.29 bits per heavy atom. The van der Waals surface area contributed by atoms with Crippen LogP contribution in [0.2, 0.25) is 42.3 Å². The zero-order valence-corrected chi connectivity index (χ0v) is 20.9. The van der Waals surface area contributed by atoms with Gasteiger partial charge in [0.05, 0.1) is 18.8 Å². The van der Waals surface area contributed by atoms with Crippen LogP contribution in [0.15, 0.2) is 6.07 Å². The van der Waals surface area contributed by atoms with E-state index in [1.165, 1.54) is 0 Å². The molecule has 2 rings (SSSR count). The van der Waals surface area contributed by atoms with E-state index in [0.717, 1.165) is 24.2 Å². The maximum atomic E-state index is 15.1. The molecule has 0 N–H and O–H groups in total. The van der Waals surface area contributed by atoms with Gasteiger partial charge in [-0.15, -0.1) is 0 Å². The lowest BCUT2D eigenvalue weighted by Crippen LogP contribution is -2.45. The summed E-state index contributed by atoms with van der Waals surface area (Å²) >= 11 is 0. The predicted octanol–water partition coefficient (Wildman–Crippen LogP) is 8.55. The summed E-state index contributed by atoms with van der Waals surface area (Å²) in [5.74, 6) is -11.3. The predicted molar refractivity (Wildman–Crippen MR) is 118 cm³/mol. The van der Waals surface area contributed by atoms with E-state index < -0.39 is 67.8 Å². The standard InChI is InChI=1S/C22H30F6OSi2/c1-7-31(8-2,9-3)11-10-30(6,13(4)5)29-22-20(27)16-14(23)12-15(24)18(25)17(16)19(26)21(22)28/h12-13H,7-11H2,1-6H3. The fourth-order valence-corrected chi connectivity index (χ4v) is 12.2. The SMILES string of the molecule is CC[Si](CC)(CC)CC[Si](C)(Oc1c(F)c(F)c2c(F)c(F)cc(F)c2c1F)C(C)C. The van der Waals surface area contributed by atoms with Crippen molar-refractivity contribution >= 4 is 27.2 Å². The first-order chi connectivity index (χ1) is 14.4. The third-order valence-corrected chi connectivity index (χ3v) is 17.8. The second-order valence-electron chi connectivity index (χ2n) is 8.81. The minimum atomic E-state index is -2.84. The van der Waals surface area contributed by atoms with E-state index in [2.05, 4.69) is 20.8 Å². The van der Waals surface area contributed by atoms with Gasteiger partial charge in [0.1, 0.15) is 5.82 Å². The van der Waals surface area contributed by atoms with Crippen molar-refractivity contribution in [2.24, 2.45) is 0 Å². The molecule has 0 amide bonds. The monoisotopic (exact) mass is 480 g/mol. The average molecular weight is 481 g/mol. The molecule has 0 heterocycles. The van der Waals surface area contributed by atoms with Gasteiger partial charge < -0.3 is 4.43 Å². The maximum absolute atomic E-state index is 15.1. The van der Waals surface area contributed by atoms with Gasteiger partial charge in [-0.2, -0.15) is 4.39 Å². The summed E-state index contributed by atoms with van der Waals surface area (Å²) in [6.07, 6.45) is 0. The molecule has 31 heavy (non-hydrogen) atoms. The smallest absolute Gasteiger partial charge is 0.250 e. The Morgan fingerprint density at radius 1 is 0.742 bits per heavy atom. The zero-order chi connectivity index (χ0) is 23.7. The van der Waals surface area contributed by atoms with Crippen molar-refractivity contribution in [2.75, 3.05) is 0 Å². The van der Waals surface area contributed by atoms with Crippen LogP contribution in [-0.4, -0.2) is 16.4 Å². The van der Waals surface area contributed by atoms with Crippen molar-refractivity contribution in [1.29, 1.82) is 0 Å². The third kappa shape index (κ3) is 4.67. The molecule has 0 saturated heterocycles. The molecule has 0 spiro atoms. The summed E-state index contributed by atoms with van der Waals surface area (Å²) in [7, 11) is -4.40. The fraction of sp³-hybridized carbons (Fsp3) is 0.545. The molecule has 0 radical (unpaired) electrons. The summed E-state index contributed by atoms with van der Waals surface area (Å²) < 4.78 is 92.1. The van der Waals surface area contributed by atoms with Crippen LogP contribution in [0.1, 0.15) is 34.6 Å². The lowest BCUT2D eigenvalue weighted by Gasteiger charge is -2.36. The summed E-state index contributed by atoms with van der Waals surface area (Å²) in [6, 6.07) is 4.87. The van der Waals surface area contributed by atoms with Gasteiger partial charge in [0.2, 0.25) is 5.82 Å². The first kappa shape index (κ1) is 25.8. The Morgan fingerprint density at radius 3 is 1.77 bits per heavy atom. The fourth-order valence-electron chi connectivity index (χ4n) is 4.01. The molecule has 0 bridgehead atoms. The van der Waals surface area contributed by atoms with E-state index in [1.807, 2.05) is 20.4 Å². The van der Waals surface area contributed by atoms with Gasteiger partial charge in [0, 0.05) is 6.07 Å². The number of fused-ring (bicyclic) bond motifs is 1. The normalized spacial score (nSPS) is 14.4. The van der Waals surface area contributed by atoms with Gasteiger partial charge in [0.25, 0.3) is 8.32 Å². The number of benzene rings is 2. The van der Waals surface area contributed by atoms with Crippen LogP contribution in [0, 0.1) is 34.9 Å². The summed E-state index contributed by atoms with van der Waals surface area (Å²) in [4.78, 5) is 0. The van der Waals surface area contributed by atoms with Crippen LogP contribution in [-0.2, 0) is 0 Å². The van der Waals surface area contributed by atoms with Crippen molar-refractivity contribution < 1.29 is 30.8 Å². The van der Waals surface area contributed by atoms with Crippen molar-refractivity contribution in [2.45, 2.75) is 76.9 Å². The minimum Gasteiger partial charge on any atom is -0.539 e. The first-order valence-electron chi connectivity index (χ1n) is 10.7. The van der Waals surface area contributed by atoms with Gasteiger partial charge in [-0.3, -0.25) is 0 Å². The van der Waals surface area contributed by atoms with Crippen molar-refractivity contribution in [1.82, 2.24) is 0 Å². The van der Waals surface area contributed by atoms with Crippen molar-refractivity contribution in [3.8, 4) is 5.75 Å². The lowest BCUT2D eigenvalue weighted by molar-refractivity contribution is 0.412. The topological polar surface area (TPSA) is 9.23 Å². The second-order valence-corrected chi connectivity index (χ2v) is 18.9. The highest BCUT2D eigenvalue weighted by atomic mass is 28.4. The number of hydrogen-bond donors (Lipinski definition) is 0. The van der Waals surface area contributed by atoms with Crippen LogP contribution in [0.25, 0.3) is 10.8 Å². The van der Waals surface area contributed by atoms with Gasteiger partial charge in [-0.1, -0.05) is 58.8 Å². The molecule has 0 aliphatic heterocycles. The molecule has 0 aliphatic carbocycles. The van der Waals surface area contributed by atoms with Crippen molar-refractivity contribution in [3.05, 3.63) is 41.0 Å². The van der Waals surface area contributed by atoms with Crippen LogP contribution in [0.3, 0.4) is 0 Å². The molecule has 1 atom stereocenters. The van der Waals surface area contributed by atoms with E-state index in [9.17, 15) is 22.0 Å². The summed E-state index contributed by atoms with van der Waals surface area (Å²) in [5.41, 5.74) is -0.0721. The maximum Gasteiger partial charge on any atom is 0.250 e. The molecular weight excluding hydrogens is 450 g/mol.